The minimum Gasteiger partial charge on any atom is -0.489 e. The van der Waals surface area contributed by atoms with Crippen LogP contribution in [0.2, 0.25) is 0 Å². The van der Waals surface area contributed by atoms with Crippen molar-refractivity contribution >= 4 is 29.0 Å². The molecule has 3 N–H and O–H groups in total. The van der Waals surface area contributed by atoms with Gasteiger partial charge in [0.2, 0.25) is 0 Å². The number of rotatable bonds is 7. The van der Waals surface area contributed by atoms with Crippen LogP contribution in [0.3, 0.4) is 0 Å². The van der Waals surface area contributed by atoms with E-state index in [0.717, 1.165) is 11.4 Å². The molecule has 7 heteroatoms. The van der Waals surface area contributed by atoms with Crippen LogP contribution in [0.1, 0.15) is 24.2 Å². The highest BCUT2D eigenvalue weighted by molar-refractivity contribution is 5.95. The molecule has 27 heavy (non-hydrogen) atoms. The van der Waals surface area contributed by atoms with Crippen LogP contribution in [0, 0.1) is 0 Å². The summed E-state index contributed by atoms with van der Waals surface area (Å²) < 4.78 is 5.80. The number of carboxylic acids is 1. The summed E-state index contributed by atoms with van der Waals surface area (Å²) in [6.45, 7) is 3.92. The molecule has 0 aliphatic rings. The molecule has 7 nitrogen and oxygen atoms in total. The molecule has 0 unspecified atom stereocenters. The molecule has 3 rings (SSSR count). The predicted octanol–water partition coefficient (Wildman–Crippen LogP) is 4.45. The zero-order chi connectivity index (χ0) is 19.2. The van der Waals surface area contributed by atoms with Gasteiger partial charge in [0.15, 0.2) is 0 Å². The van der Waals surface area contributed by atoms with Gasteiger partial charge in [-0.3, -0.25) is 0 Å². The molecular weight excluding hydrogens is 344 g/mol. The SMILES string of the molecule is CC(C)Oc1ccccc1Nc1cc(Nc2ccccc2C(=O)O)ncn1. The number of anilines is 4. The van der Waals surface area contributed by atoms with E-state index < -0.39 is 5.97 Å². The second kappa shape index (κ2) is 8.18. The third-order valence-corrected chi connectivity index (χ3v) is 3.60. The van der Waals surface area contributed by atoms with Crippen molar-refractivity contribution < 1.29 is 14.6 Å². The number of carbonyl (C=O) groups is 1. The molecule has 0 atom stereocenters. The third-order valence-electron chi connectivity index (χ3n) is 3.60. The highest BCUT2D eigenvalue weighted by Crippen LogP contribution is 2.28. The Hall–Kier alpha value is -3.61. The van der Waals surface area contributed by atoms with Crippen LogP contribution in [0.15, 0.2) is 60.9 Å². The van der Waals surface area contributed by atoms with Gasteiger partial charge >= 0.3 is 5.97 Å². The average Bonchev–Trinajstić information content (AvgIpc) is 2.63. The minimum atomic E-state index is -1.01. The molecule has 1 heterocycles. The first kappa shape index (κ1) is 18.2. The maximum atomic E-state index is 11.3. The van der Waals surface area contributed by atoms with Crippen LogP contribution >= 0.6 is 0 Å². The number of para-hydroxylation sites is 3. The van der Waals surface area contributed by atoms with E-state index >= 15 is 0 Å². The number of hydrogen-bond donors (Lipinski definition) is 3. The third kappa shape index (κ3) is 4.72. The van der Waals surface area contributed by atoms with E-state index in [9.17, 15) is 9.90 Å². The molecule has 3 aromatic rings. The van der Waals surface area contributed by atoms with Crippen LogP contribution in [0.4, 0.5) is 23.0 Å². The summed E-state index contributed by atoms with van der Waals surface area (Å²) in [5.74, 6) is 0.741. The quantitative estimate of drug-likeness (QED) is 0.570. The van der Waals surface area contributed by atoms with E-state index in [4.69, 9.17) is 4.74 Å². The van der Waals surface area contributed by atoms with Crippen molar-refractivity contribution in [1.29, 1.82) is 0 Å². The molecular formula is C20H20N4O3. The summed E-state index contributed by atoms with van der Waals surface area (Å²) in [5, 5.41) is 15.5. The number of aromatic carboxylic acids is 1. The second-order valence-electron chi connectivity index (χ2n) is 6.05. The summed E-state index contributed by atoms with van der Waals surface area (Å²) >= 11 is 0. The molecule has 2 aromatic carbocycles. The Morgan fingerprint density at radius 2 is 1.56 bits per heavy atom. The van der Waals surface area contributed by atoms with Crippen molar-refractivity contribution in [2.24, 2.45) is 0 Å². The fourth-order valence-corrected chi connectivity index (χ4v) is 2.48. The van der Waals surface area contributed by atoms with Gasteiger partial charge in [-0.2, -0.15) is 0 Å². The smallest absolute Gasteiger partial charge is 0.337 e. The first-order chi connectivity index (χ1) is 13.0. The topological polar surface area (TPSA) is 96.4 Å². The molecule has 0 aliphatic carbocycles. The number of carboxylic acid groups (broad SMARTS) is 1. The van der Waals surface area contributed by atoms with E-state index in [2.05, 4.69) is 20.6 Å². The van der Waals surface area contributed by atoms with E-state index in [1.807, 2.05) is 38.1 Å². The summed E-state index contributed by atoms with van der Waals surface area (Å²) in [4.78, 5) is 19.7. The Balaban J connectivity index is 1.82. The Kier molecular flexibility index (Phi) is 5.51. The van der Waals surface area contributed by atoms with Gasteiger partial charge in [-0.25, -0.2) is 14.8 Å². The fraction of sp³-hybridized carbons (Fsp3) is 0.150. The first-order valence-electron chi connectivity index (χ1n) is 8.47. The summed E-state index contributed by atoms with van der Waals surface area (Å²) in [6, 6.07) is 15.9. The molecule has 1 aromatic heterocycles. The Labute approximate surface area is 157 Å². The van der Waals surface area contributed by atoms with Crippen LogP contribution in [-0.4, -0.2) is 27.1 Å². The first-order valence-corrected chi connectivity index (χ1v) is 8.47. The van der Waals surface area contributed by atoms with Crippen LogP contribution in [0.5, 0.6) is 5.75 Å². The molecule has 0 saturated carbocycles. The van der Waals surface area contributed by atoms with Crippen molar-refractivity contribution in [2.75, 3.05) is 10.6 Å². The molecule has 0 spiro atoms. The number of ether oxygens (including phenoxy) is 1. The molecule has 0 bridgehead atoms. The number of benzene rings is 2. The molecule has 0 fully saturated rings. The molecule has 138 valence electrons. The van der Waals surface area contributed by atoms with Crippen molar-refractivity contribution in [3.8, 4) is 5.75 Å². The van der Waals surface area contributed by atoms with E-state index in [-0.39, 0.29) is 11.7 Å². The van der Waals surface area contributed by atoms with Gasteiger partial charge in [-0.05, 0) is 38.1 Å². The summed E-state index contributed by atoms with van der Waals surface area (Å²) in [7, 11) is 0. The van der Waals surface area contributed by atoms with Gasteiger partial charge in [0.1, 0.15) is 23.7 Å². The second-order valence-corrected chi connectivity index (χ2v) is 6.05. The zero-order valence-corrected chi connectivity index (χ0v) is 15.0. The lowest BCUT2D eigenvalue weighted by Gasteiger charge is -2.15. The van der Waals surface area contributed by atoms with Gasteiger partial charge in [-0.1, -0.05) is 24.3 Å². The van der Waals surface area contributed by atoms with E-state index in [1.165, 1.54) is 12.4 Å². The highest BCUT2D eigenvalue weighted by Gasteiger charge is 2.11. The molecule has 0 amide bonds. The lowest BCUT2D eigenvalue weighted by molar-refractivity contribution is 0.0698. The van der Waals surface area contributed by atoms with Gasteiger partial charge in [-0.15, -0.1) is 0 Å². The molecule has 0 saturated heterocycles. The van der Waals surface area contributed by atoms with Crippen molar-refractivity contribution in [3.05, 3.63) is 66.5 Å². The lowest BCUT2D eigenvalue weighted by Crippen LogP contribution is -2.08. The standard InChI is InChI=1S/C20H20N4O3/c1-13(2)27-17-10-6-5-9-16(17)24-19-11-18(21-12-22-19)23-15-8-4-3-7-14(15)20(25)26/h3-13H,1-2H3,(H,25,26)(H2,21,22,23,24). The highest BCUT2D eigenvalue weighted by atomic mass is 16.5. The number of hydrogen-bond acceptors (Lipinski definition) is 6. The normalized spacial score (nSPS) is 10.5. The number of nitrogens with one attached hydrogen (secondary N) is 2. The van der Waals surface area contributed by atoms with Crippen molar-refractivity contribution in [3.63, 3.8) is 0 Å². The maximum absolute atomic E-state index is 11.3. The number of aromatic nitrogens is 2. The van der Waals surface area contributed by atoms with Crippen LogP contribution in [0.25, 0.3) is 0 Å². The number of nitrogens with zero attached hydrogens (tertiary/aromatic N) is 2. The van der Waals surface area contributed by atoms with Gasteiger partial charge in [0.05, 0.1) is 23.0 Å². The van der Waals surface area contributed by atoms with Crippen molar-refractivity contribution in [2.45, 2.75) is 20.0 Å². The lowest BCUT2D eigenvalue weighted by atomic mass is 10.2. The van der Waals surface area contributed by atoms with E-state index in [1.54, 1.807) is 24.3 Å². The maximum Gasteiger partial charge on any atom is 0.337 e. The van der Waals surface area contributed by atoms with Gasteiger partial charge in [0, 0.05) is 6.07 Å². The van der Waals surface area contributed by atoms with Gasteiger partial charge < -0.3 is 20.5 Å². The minimum absolute atomic E-state index is 0.0445. The molecule has 0 radical (unpaired) electrons. The van der Waals surface area contributed by atoms with E-state index in [0.29, 0.717) is 17.3 Å². The monoisotopic (exact) mass is 364 g/mol. The summed E-state index contributed by atoms with van der Waals surface area (Å²) in [6.07, 6.45) is 1.45. The predicted molar refractivity (Wildman–Crippen MR) is 104 cm³/mol. The Morgan fingerprint density at radius 1 is 0.963 bits per heavy atom. The fourth-order valence-electron chi connectivity index (χ4n) is 2.48. The molecule has 0 aliphatic heterocycles. The average molecular weight is 364 g/mol. The van der Waals surface area contributed by atoms with Gasteiger partial charge in [0.25, 0.3) is 0 Å². The largest absolute Gasteiger partial charge is 0.489 e. The van der Waals surface area contributed by atoms with Crippen LogP contribution < -0.4 is 15.4 Å². The Bertz CT molecular complexity index is 944. The van der Waals surface area contributed by atoms with Crippen molar-refractivity contribution in [1.82, 2.24) is 9.97 Å². The Morgan fingerprint density at radius 3 is 2.22 bits per heavy atom. The summed E-state index contributed by atoms with van der Waals surface area (Å²) in [5.41, 5.74) is 1.40. The zero-order valence-electron chi connectivity index (χ0n) is 15.0. The van der Waals surface area contributed by atoms with Crippen LogP contribution in [-0.2, 0) is 0 Å².